The van der Waals surface area contributed by atoms with E-state index >= 15 is 0 Å². The molecule has 1 amide bonds. The van der Waals surface area contributed by atoms with Gasteiger partial charge in [0.15, 0.2) is 6.10 Å². The highest BCUT2D eigenvalue weighted by molar-refractivity contribution is 5.84. The molecule has 0 bridgehead atoms. The van der Waals surface area contributed by atoms with Gasteiger partial charge in [0.25, 0.3) is 11.5 Å². The van der Waals surface area contributed by atoms with Crippen LogP contribution in [0.3, 0.4) is 0 Å². The summed E-state index contributed by atoms with van der Waals surface area (Å²) in [4.78, 5) is 31.3. The zero-order valence-electron chi connectivity index (χ0n) is 15.6. The number of aromatic nitrogens is 2. The summed E-state index contributed by atoms with van der Waals surface area (Å²) in [7, 11) is 1.70. The van der Waals surface area contributed by atoms with Crippen molar-refractivity contribution in [2.45, 2.75) is 33.0 Å². The normalized spacial score (nSPS) is 14.3. The molecule has 0 saturated carbocycles. The molecule has 138 valence electrons. The van der Waals surface area contributed by atoms with Gasteiger partial charge in [-0.15, -0.1) is 0 Å². The predicted molar refractivity (Wildman–Crippen MR) is 103 cm³/mol. The van der Waals surface area contributed by atoms with E-state index in [0.717, 1.165) is 10.8 Å². The SMILES string of the molecule is Cc1nc2c(c(=O)n1C)CN(C(=O)[C@H](C)Oc1ccc3ccccc3c1)C2. The summed E-state index contributed by atoms with van der Waals surface area (Å²) in [6.45, 7) is 4.14. The second kappa shape index (κ2) is 6.54. The monoisotopic (exact) mass is 363 g/mol. The van der Waals surface area contributed by atoms with E-state index in [-0.39, 0.29) is 18.0 Å². The van der Waals surface area contributed by atoms with Gasteiger partial charge in [0, 0.05) is 7.05 Å². The molecule has 1 aliphatic rings. The third-order valence-corrected chi connectivity index (χ3v) is 5.08. The number of carbonyl (C=O) groups excluding carboxylic acids is 1. The summed E-state index contributed by atoms with van der Waals surface area (Å²) in [5.74, 6) is 1.14. The van der Waals surface area contributed by atoms with Crippen LogP contribution in [0.2, 0.25) is 0 Å². The van der Waals surface area contributed by atoms with Crippen LogP contribution in [0, 0.1) is 6.92 Å². The van der Waals surface area contributed by atoms with Gasteiger partial charge in [0.05, 0.1) is 24.3 Å². The van der Waals surface area contributed by atoms with Gasteiger partial charge in [-0.05, 0) is 36.8 Å². The van der Waals surface area contributed by atoms with Gasteiger partial charge in [0.2, 0.25) is 0 Å². The molecule has 0 N–H and O–H groups in total. The molecule has 6 nitrogen and oxygen atoms in total. The van der Waals surface area contributed by atoms with Crippen LogP contribution in [-0.2, 0) is 24.9 Å². The Labute approximate surface area is 157 Å². The largest absolute Gasteiger partial charge is 0.481 e. The van der Waals surface area contributed by atoms with E-state index < -0.39 is 6.10 Å². The zero-order valence-corrected chi connectivity index (χ0v) is 15.6. The van der Waals surface area contributed by atoms with E-state index in [4.69, 9.17) is 4.74 Å². The highest BCUT2D eigenvalue weighted by Crippen LogP contribution is 2.23. The Morgan fingerprint density at radius 2 is 1.89 bits per heavy atom. The molecule has 1 atom stereocenters. The Morgan fingerprint density at radius 3 is 2.67 bits per heavy atom. The number of ether oxygens (including phenoxy) is 1. The summed E-state index contributed by atoms with van der Waals surface area (Å²) >= 11 is 0. The number of fused-ring (bicyclic) bond motifs is 2. The smallest absolute Gasteiger partial charge is 0.264 e. The minimum absolute atomic E-state index is 0.0871. The summed E-state index contributed by atoms with van der Waals surface area (Å²) in [5, 5.41) is 2.18. The first kappa shape index (κ1) is 17.3. The average molecular weight is 363 g/mol. The predicted octanol–water partition coefficient (Wildman–Crippen LogP) is 2.55. The lowest BCUT2D eigenvalue weighted by atomic mass is 10.1. The van der Waals surface area contributed by atoms with E-state index in [2.05, 4.69) is 4.98 Å². The second-order valence-electron chi connectivity index (χ2n) is 6.91. The molecule has 0 radical (unpaired) electrons. The molecule has 1 aliphatic heterocycles. The fourth-order valence-electron chi connectivity index (χ4n) is 3.44. The van der Waals surface area contributed by atoms with E-state index in [1.54, 1.807) is 25.8 Å². The van der Waals surface area contributed by atoms with Crippen molar-refractivity contribution in [1.82, 2.24) is 14.5 Å². The standard InChI is InChI=1S/C21H21N3O3/c1-13(27-17-9-8-15-6-4-5-7-16(15)10-17)20(25)24-11-18-19(12-24)22-14(2)23(3)21(18)26/h4-10,13H,11-12H2,1-3H3/t13-/m0/s1. The molecule has 27 heavy (non-hydrogen) atoms. The van der Waals surface area contributed by atoms with E-state index in [1.165, 1.54) is 4.57 Å². The molecule has 6 heteroatoms. The van der Waals surface area contributed by atoms with Crippen LogP contribution >= 0.6 is 0 Å². The molecular weight excluding hydrogens is 342 g/mol. The molecule has 0 unspecified atom stereocenters. The molecule has 0 spiro atoms. The van der Waals surface area contributed by atoms with Crippen molar-refractivity contribution in [3.63, 3.8) is 0 Å². The third kappa shape index (κ3) is 3.07. The molecule has 1 aromatic heterocycles. The van der Waals surface area contributed by atoms with Crippen LogP contribution in [0.15, 0.2) is 47.3 Å². The fraction of sp³-hybridized carbons (Fsp3) is 0.286. The van der Waals surface area contributed by atoms with Crippen LogP contribution in [-0.4, -0.2) is 26.5 Å². The van der Waals surface area contributed by atoms with Crippen LogP contribution in [0.5, 0.6) is 5.75 Å². The van der Waals surface area contributed by atoms with Gasteiger partial charge in [0.1, 0.15) is 11.6 Å². The number of benzene rings is 2. The first-order valence-electron chi connectivity index (χ1n) is 8.93. The van der Waals surface area contributed by atoms with Crippen molar-refractivity contribution >= 4 is 16.7 Å². The zero-order chi connectivity index (χ0) is 19.1. The molecule has 0 aliphatic carbocycles. The van der Waals surface area contributed by atoms with Crippen LogP contribution < -0.4 is 10.3 Å². The lowest BCUT2D eigenvalue weighted by molar-refractivity contribution is -0.138. The molecule has 3 aromatic rings. The van der Waals surface area contributed by atoms with Crippen molar-refractivity contribution in [1.29, 1.82) is 0 Å². The van der Waals surface area contributed by atoms with Gasteiger partial charge in [-0.2, -0.15) is 0 Å². The Balaban J connectivity index is 1.51. The highest BCUT2D eigenvalue weighted by atomic mass is 16.5. The van der Waals surface area contributed by atoms with Gasteiger partial charge in [-0.1, -0.05) is 30.3 Å². The maximum Gasteiger partial charge on any atom is 0.264 e. The maximum atomic E-state index is 12.8. The molecule has 0 saturated heterocycles. The van der Waals surface area contributed by atoms with Gasteiger partial charge < -0.3 is 9.64 Å². The molecule has 2 heterocycles. The number of nitrogens with zero attached hydrogens (tertiary/aromatic N) is 3. The maximum absolute atomic E-state index is 12.8. The number of aryl methyl sites for hydroxylation is 1. The third-order valence-electron chi connectivity index (χ3n) is 5.08. The number of carbonyl (C=O) groups is 1. The number of rotatable bonds is 3. The minimum Gasteiger partial charge on any atom is -0.481 e. The van der Waals surface area contributed by atoms with Crippen molar-refractivity contribution in [2.75, 3.05) is 0 Å². The van der Waals surface area contributed by atoms with Crippen molar-refractivity contribution < 1.29 is 9.53 Å². The Kier molecular flexibility index (Phi) is 4.18. The van der Waals surface area contributed by atoms with Crippen molar-refractivity contribution in [3.05, 3.63) is 69.9 Å². The first-order valence-corrected chi connectivity index (χ1v) is 8.93. The molecule has 2 aromatic carbocycles. The van der Waals surface area contributed by atoms with Crippen LogP contribution in [0.1, 0.15) is 24.0 Å². The highest BCUT2D eigenvalue weighted by Gasteiger charge is 2.31. The average Bonchev–Trinajstić information content (AvgIpc) is 3.09. The lowest BCUT2D eigenvalue weighted by Gasteiger charge is -2.21. The summed E-state index contributed by atoms with van der Waals surface area (Å²) in [6, 6.07) is 13.8. The van der Waals surface area contributed by atoms with E-state index in [0.29, 0.717) is 29.4 Å². The topological polar surface area (TPSA) is 64.4 Å². The summed E-state index contributed by atoms with van der Waals surface area (Å²) in [6.07, 6.45) is -0.648. The van der Waals surface area contributed by atoms with E-state index in [1.807, 2.05) is 42.5 Å². The second-order valence-corrected chi connectivity index (χ2v) is 6.91. The van der Waals surface area contributed by atoms with E-state index in [9.17, 15) is 9.59 Å². The number of hydrogen-bond donors (Lipinski definition) is 0. The first-order chi connectivity index (χ1) is 12.9. The number of amides is 1. The van der Waals surface area contributed by atoms with Crippen LogP contribution in [0.25, 0.3) is 10.8 Å². The van der Waals surface area contributed by atoms with Crippen molar-refractivity contribution in [2.24, 2.45) is 7.05 Å². The van der Waals surface area contributed by atoms with Crippen molar-refractivity contribution in [3.8, 4) is 5.75 Å². The van der Waals surface area contributed by atoms with Gasteiger partial charge in [-0.25, -0.2) is 4.98 Å². The Morgan fingerprint density at radius 1 is 1.15 bits per heavy atom. The summed E-state index contributed by atoms with van der Waals surface area (Å²) in [5.41, 5.74) is 1.19. The molecular formula is C21H21N3O3. The Hall–Kier alpha value is -3.15. The molecule has 4 rings (SSSR count). The summed E-state index contributed by atoms with van der Waals surface area (Å²) < 4.78 is 7.39. The number of hydrogen-bond acceptors (Lipinski definition) is 4. The van der Waals surface area contributed by atoms with Gasteiger partial charge in [-0.3, -0.25) is 14.2 Å². The van der Waals surface area contributed by atoms with Crippen LogP contribution in [0.4, 0.5) is 0 Å². The quantitative estimate of drug-likeness (QED) is 0.717. The minimum atomic E-state index is -0.648. The fourth-order valence-corrected chi connectivity index (χ4v) is 3.44. The van der Waals surface area contributed by atoms with Gasteiger partial charge >= 0.3 is 0 Å². The lowest BCUT2D eigenvalue weighted by Crippen LogP contribution is -2.37. The Bertz CT molecular complexity index is 1100. The molecule has 0 fully saturated rings.